The van der Waals surface area contributed by atoms with E-state index in [1.54, 1.807) is 6.07 Å². The van der Waals surface area contributed by atoms with Crippen LogP contribution in [-0.2, 0) is 16.1 Å². The Balaban J connectivity index is 1.52. The molecule has 0 spiro atoms. The number of carbonyl (C=O) groups is 2. The molecule has 144 valence electrons. The van der Waals surface area contributed by atoms with Crippen molar-refractivity contribution in [3.8, 4) is 0 Å². The van der Waals surface area contributed by atoms with Crippen LogP contribution in [0.4, 0.5) is 17.6 Å². The van der Waals surface area contributed by atoms with Crippen molar-refractivity contribution in [1.29, 1.82) is 0 Å². The lowest BCUT2D eigenvalue weighted by molar-refractivity contribution is -0.145. The molecule has 1 aromatic carbocycles. The van der Waals surface area contributed by atoms with Crippen LogP contribution in [0.5, 0.6) is 0 Å². The summed E-state index contributed by atoms with van der Waals surface area (Å²) in [6.45, 7) is 1.78. The Morgan fingerprint density at radius 2 is 1.86 bits per heavy atom. The molecule has 0 bridgehead atoms. The van der Waals surface area contributed by atoms with Crippen LogP contribution >= 0.6 is 11.3 Å². The fourth-order valence-corrected chi connectivity index (χ4v) is 3.18. The molecule has 0 atom stereocenters. The number of Topliss-reactive ketones (excluding diaryl/α,β-unsaturated/α-hetero) is 1. The van der Waals surface area contributed by atoms with Crippen molar-refractivity contribution in [2.75, 3.05) is 11.1 Å². The van der Waals surface area contributed by atoms with Gasteiger partial charge in [0.2, 0.25) is 11.9 Å². The van der Waals surface area contributed by atoms with Gasteiger partial charge in [-0.15, -0.1) is 11.3 Å². The van der Waals surface area contributed by atoms with E-state index >= 15 is 0 Å². The van der Waals surface area contributed by atoms with Crippen molar-refractivity contribution in [1.82, 2.24) is 15.0 Å². The summed E-state index contributed by atoms with van der Waals surface area (Å²) in [7, 11) is 0. The van der Waals surface area contributed by atoms with Crippen LogP contribution in [0.15, 0.2) is 42.5 Å². The second-order valence-corrected chi connectivity index (χ2v) is 7.21. The number of aromatic nitrogens is 3. The van der Waals surface area contributed by atoms with Gasteiger partial charge in [-0.3, -0.25) is 9.59 Å². The molecule has 2 aromatic heterocycles. The number of nitrogens with zero attached hydrogens (tertiary/aromatic N) is 3. The summed E-state index contributed by atoms with van der Waals surface area (Å²) in [5, 5.41) is 3.01. The Bertz CT molecular complexity index is 975. The smallest absolute Gasteiger partial charge is 0.306 e. The van der Waals surface area contributed by atoms with Crippen LogP contribution in [0, 0.1) is 6.92 Å². The summed E-state index contributed by atoms with van der Waals surface area (Å²) in [5.74, 6) is -0.0813. The van der Waals surface area contributed by atoms with Gasteiger partial charge in [0.1, 0.15) is 0 Å². The van der Waals surface area contributed by atoms with Crippen molar-refractivity contribution >= 4 is 40.7 Å². The number of ketones is 1. The number of ether oxygens (including phenoxy) is 1. The molecule has 0 aliphatic carbocycles. The molecule has 28 heavy (non-hydrogen) atoms. The van der Waals surface area contributed by atoms with E-state index < -0.39 is 5.97 Å². The molecule has 0 saturated carbocycles. The van der Waals surface area contributed by atoms with Gasteiger partial charge in [-0.2, -0.15) is 15.0 Å². The first-order valence-electron chi connectivity index (χ1n) is 8.57. The number of para-hydroxylation sites is 1. The van der Waals surface area contributed by atoms with Crippen LogP contribution in [0.25, 0.3) is 0 Å². The molecule has 0 unspecified atom stereocenters. The number of aryl methyl sites for hydroxylation is 1. The number of thiophene rings is 1. The Morgan fingerprint density at radius 1 is 1.07 bits per heavy atom. The van der Waals surface area contributed by atoms with Crippen LogP contribution in [0.2, 0.25) is 0 Å². The van der Waals surface area contributed by atoms with E-state index in [0.717, 1.165) is 10.6 Å². The molecule has 3 aromatic rings. The predicted octanol–water partition coefficient (Wildman–Crippen LogP) is 3.27. The van der Waals surface area contributed by atoms with Gasteiger partial charge in [0, 0.05) is 17.0 Å². The SMILES string of the molecule is Cc1ccc(C(=O)CCC(=O)OCc2nc(N)nc(Nc3ccccc3)n2)s1. The highest BCUT2D eigenvalue weighted by Gasteiger charge is 2.13. The van der Waals surface area contributed by atoms with E-state index in [1.807, 2.05) is 43.3 Å². The van der Waals surface area contributed by atoms with Gasteiger partial charge in [-0.1, -0.05) is 18.2 Å². The summed E-state index contributed by atoms with van der Waals surface area (Å²) < 4.78 is 5.16. The first kappa shape index (κ1) is 19.4. The van der Waals surface area contributed by atoms with E-state index in [4.69, 9.17) is 10.5 Å². The number of nitrogens with one attached hydrogen (secondary N) is 1. The highest BCUT2D eigenvalue weighted by molar-refractivity contribution is 7.14. The molecule has 0 fully saturated rings. The van der Waals surface area contributed by atoms with Gasteiger partial charge in [-0.05, 0) is 31.2 Å². The lowest BCUT2D eigenvalue weighted by Gasteiger charge is -2.08. The number of benzene rings is 1. The van der Waals surface area contributed by atoms with E-state index in [2.05, 4.69) is 20.3 Å². The second kappa shape index (κ2) is 9.05. The Kier molecular flexibility index (Phi) is 6.28. The molecular formula is C19H19N5O3S. The minimum Gasteiger partial charge on any atom is -0.457 e. The zero-order valence-corrected chi connectivity index (χ0v) is 16.0. The molecule has 0 amide bonds. The molecule has 0 radical (unpaired) electrons. The van der Waals surface area contributed by atoms with Gasteiger partial charge in [-0.25, -0.2) is 0 Å². The fourth-order valence-electron chi connectivity index (χ4n) is 2.35. The van der Waals surface area contributed by atoms with Crippen molar-refractivity contribution in [2.45, 2.75) is 26.4 Å². The normalized spacial score (nSPS) is 10.5. The number of rotatable bonds is 8. The van der Waals surface area contributed by atoms with Gasteiger partial charge in [0.25, 0.3) is 0 Å². The highest BCUT2D eigenvalue weighted by Crippen LogP contribution is 2.18. The molecule has 0 aliphatic rings. The van der Waals surface area contributed by atoms with E-state index in [-0.39, 0.29) is 43.0 Å². The van der Waals surface area contributed by atoms with Crippen LogP contribution < -0.4 is 11.1 Å². The maximum atomic E-state index is 12.0. The number of carbonyl (C=O) groups excluding carboxylic acids is 2. The monoisotopic (exact) mass is 397 g/mol. The van der Waals surface area contributed by atoms with Crippen molar-refractivity contribution < 1.29 is 14.3 Å². The molecule has 0 aliphatic heterocycles. The zero-order valence-electron chi connectivity index (χ0n) is 15.2. The standard InChI is InChI=1S/C19H19N5O3S/c1-12-7-9-15(28-12)14(25)8-10-17(26)27-11-16-22-18(20)24-19(23-16)21-13-5-3-2-4-6-13/h2-7,9H,8,10-11H2,1H3,(H3,20,21,22,23,24). The van der Waals surface area contributed by atoms with E-state index in [9.17, 15) is 9.59 Å². The van der Waals surface area contributed by atoms with Crippen molar-refractivity contribution in [3.05, 3.63) is 58.0 Å². The van der Waals surface area contributed by atoms with Crippen molar-refractivity contribution in [3.63, 3.8) is 0 Å². The number of nitrogens with two attached hydrogens (primary N) is 1. The van der Waals surface area contributed by atoms with Gasteiger partial charge in [0.05, 0.1) is 11.3 Å². The third-order valence-corrected chi connectivity index (χ3v) is 4.70. The summed E-state index contributed by atoms with van der Waals surface area (Å²) >= 11 is 1.41. The first-order chi connectivity index (χ1) is 13.5. The van der Waals surface area contributed by atoms with Gasteiger partial charge >= 0.3 is 5.97 Å². The maximum Gasteiger partial charge on any atom is 0.306 e. The fraction of sp³-hybridized carbons (Fsp3) is 0.211. The quantitative estimate of drug-likeness (QED) is 0.439. The Labute approximate surface area is 165 Å². The zero-order chi connectivity index (χ0) is 19.9. The summed E-state index contributed by atoms with van der Waals surface area (Å²) in [6.07, 6.45) is 0.0877. The first-order valence-corrected chi connectivity index (χ1v) is 9.39. The number of hydrogen-bond donors (Lipinski definition) is 2. The van der Waals surface area contributed by atoms with Crippen LogP contribution in [0.3, 0.4) is 0 Å². The largest absolute Gasteiger partial charge is 0.457 e. The topological polar surface area (TPSA) is 120 Å². The molecule has 3 rings (SSSR count). The number of esters is 1. The lowest BCUT2D eigenvalue weighted by atomic mass is 10.2. The highest BCUT2D eigenvalue weighted by atomic mass is 32.1. The molecule has 3 N–H and O–H groups in total. The Hall–Kier alpha value is -3.33. The third kappa shape index (κ3) is 5.58. The van der Waals surface area contributed by atoms with Gasteiger partial charge in [0.15, 0.2) is 18.2 Å². The third-order valence-electron chi connectivity index (χ3n) is 3.66. The molecule has 2 heterocycles. The molecule has 9 heteroatoms. The predicted molar refractivity (Wildman–Crippen MR) is 106 cm³/mol. The maximum absolute atomic E-state index is 12.0. The minimum atomic E-state index is -0.502. The Morgan fingerprint density at radius 3 is 2.57 bits per heavy atom. The van der Waals surface area contributed by atoms with Crippen molar-refractivity contribution in [2.24, 2.45) is 0 Å². The summed E-state index contributed by atoms with van der Waals surface area (Å²) in [6, 6.07) is 13.0. The lowest BCUT2D eigenvalue weighted by Crippen LogP contribution is -2.12. The average molecular weight is 397 g/mol. The molecule has 0 saturated heterocycles. The van der Waals surface area contributed by atoms with Crippen LogP contribution in [-0.4, -0.2) is 26.7 Å². The number of nitrogen functional groups attached to an aromatic ring is 1. The summed E-state index contributed by atoms with van der Waals surface area (Å²) in [4.78, 5) is 37.8. The number of anilines is 3. The summed E-state index contributed by atoms with van der Waals surface area (Å²) in [5.41, 5.74) is 6.49. The number of hydrogen-bond acceptors (Lipinski definition) is 9. The second-order valence-electron chi connectivity index (χ2n) is 5.92. The molecular weight excluding hydrogens is 378 g/mol. The average Bonchev–Trinajstić information content (AvgIpc) is 3.11. The van der Waals surface area contributed by atoms with Gasteiger partial charge < -0.3 is 15.8 Å². The van der Waals surface area contributed by atoms with E-state index in [1.165, 1.54) is 11.3 Å². The van der Waals surface area contributed by atoms with Crippen LogP contribution in [0.1, 0.15) is 33.2 Å². The minimum absolute atomic E-state index is 0.00846. The van der Waals surface area contributed by atoms with E-state index in [0.29, 0.717) is 4.88 Å². The molecule has 8 nitrogen and oxygen atoms in total.